The molecule has 0 fully saturated rings. The zero-order valence-electron chi connectivity index (χ0n) is 6.21. The first kappa shape index (κ1) is 7.54. The molecule has 0 radical (unpaired) electrons. The molecule has 1 aromatic rings. The third-order valence-electron chi connectivity index (χ3n) is 1.25. The first-order valence-electron chi connectivity index (χ1n) is 3.20. The smallest absolute Gasteiger partial charge is 0.219 e. The van der Waals surface area contributed by atoms with E-state index in [1.807, 2.05) is 0 Å². The van der Waals surface area contributed by atoms with Gasteiger partial charge in [0.2, 0.25) is 5.89 Å². The molecule has 0 spiro atoms. The number of hydrogen-bond donors (Lipinski definition) is 0. The van der Waals surface area contributed by atoms with Gasteiger partial charge < -0.3 is 4.42 Å². The van der Waals surface area contributed by atoms with Gasteiger partial charge in [0.1, 0.15) is 5.69 Å². The van der Waals surface area contributed by atoms with E-state index in [0.717, 1.165) is 0 Å². The summed E-state index contributed by atoms with van der Waals surface area (Å²) in [5, 5.41) is 0. The van der Waals surface area contributed by atoms with E-state index in [2.05, 4.69) is 24.7 Å². The second-order valence-corrected chi connectivity index (χ2v) is 1.91. The van der Waals surface area contributed by atoms with Gasteiger partial charge >= 0.3 is 0 Å². The van der Waals surface area contributed by atoms with E-state index >= 15 is 0 Å². The molecule has 2 nitrogen and oxygen atoms in total. The minimum absolute atomic E-state index is 0.495. The molecule has 0 aliphatic rings. The van der Waals surface area contributed by atoms with Crippen molar-refractivity contribution in [2.24, 2.45) is 0 Å². The Morgan fingerprint density at radius 1 is 1.09 bits per heavy atom. The molecule has 2 heteroatoms. The van der Waals surface area contributed by atoms with Crippen LogP contribution in [0, 0.1) is 0 Å². The molecular formula is C9H9NO. The molecule has 0 atom stereocenters. The van der Waals surface area contributed by atoms with Gasteiger partial charge in [0.15, 0.2) is 5.76 Å². The van der Waals surface area contributed by atoms with Gasteiger partial charge in [-0.1, -0.05) is 19.7 Å². The SMILES string of the molecule is C=Cc1nc(C=C)c(C=C)o1. The number of aromatic nitrogens is 1. The van der Waals surface area contributed by atoms with Crippen LogP contribution >= 0.6 is 0 Å². The second-order valence-electron chi connectivity index (χ2n) is 1.91. The lowest BCUT2D eigenvalue weighted by Crippen LogP contribution is -1.72. The van der Waals surface area contributed by atoms with E-state index in [1.165, 1.54) is 0 Å². The van der Waals surface area contributed by atoms with Gasteiger partial charge in [-0.15, -0.1) is 0 Å². The largest absolute Gasteiger partial charge is 0.437 e. The maximum Gasteiger partial charge on any atom is 0.219 e. The maximum absolute atomic E-state index is 5.19. The molecule has 0 bridgehead atoms. The Bertz CT molecular complexity index is 271. The molecule has 11 heavy (non-hydrogen) atoms. The molecular weight excluding hydrogens is 138 g/mol. The summed E-state index contributed by atoms with van der Waals surface area (Å²) < 4.78 is 5.19. The fraction of sp³-hybridized carbons (Fsp3) is 0. The van der Waals surface area contributed by atoms with E-state index in [9.17, 15) is 0 Å². The standard InChI is InChI=1S/C9H9NO/c1-4-7-8(5-2)11-9(6-3)10-7/h4-6H,1-3H2. The molecule has 0 aromatic carbocycles. The van der Waals surface area contributed by atoms with Crippen LogP contribution in [0.25, 0.3) is 18.2 Å². The van der Waals surface area contributed by atoms with Gasteiger partial charge in [-0.05, 0) is 18.2 Å². The summed E-state index contributed by atoms with van der Waals surface area (Å²) in [4.78, 5) is 4.04. The Kier molecular flexibility index (Phi) is 2.06. The Morgan fingerprint density at radius 2 is 1.82 bits per heavy atom. The van der Waals surface area contributed by atoms with Crippen molar-refractivity contribution in [3.05, 3.63) is 37.1 Å². The highest BCUT2D eigenvalue weighted by Gasteiger charge is 2.03. The van der Waals surface area contributed by atoms with Gasteiger partial charge in [-0.25, -0.2) is 4.98 Å². The van der Waals surface area contributed by atoms with Gasteiger partial charge in [-0.2, -0.15) is 0 Å². The van der Waals surface area contributed by atoms with Crippen molar-refractivity contribution < 1.29 is 4.42 Å². The minimum atomic E-state index is 0.495. The van der Waals surface area contributed by atoms with E-state index in [0.29, 0.717) is 17.3 Å². The second kappa shape index (κ2) is 3.01. The van der Waals surface area contributed by atoms with Crippen LogP contribution in [-0.2, 0) is 0 Å². The van der Waals surface area contributed by atoms with Crippen molar-refractivity contribution in [3.63, 3.8) is 0 Å². The summed E-state index contributed by atoms with van der Waals surface area (Å²) in [6, 6.07) is 0. The Balaban J connectivity index is 3.21. The summed E-state index contributed by atoms with van der Waals surface area (Å²) in [6.07, 6.45) is 4.75. The number of oxazole rings is 1. The summed E-state index contributed by atoms with van der Waals surface area (Å²) in [7, 11) is 0. The van der Waals surface area contributed by atoms with Crippen LogP contribution in [0.5, 0.6) is 0 Å². The summed E-state index contributed by atoms with van der Waals surface area (Å²) in [5.41, 5.74) is 0.704. The zero-order chi connectivity index (χ0) is 8.27. The lowest BCUT2D eigenvalue weighted by atomic mass is 10.3. The van der Waals surface area contributed by atoms with Crippen molar-refractivity contribution in [1.29, 1.82) is 0 Å². The zero-order valence-corrected chi connectivity index (χ0v) is 6.21. The van der Waals surface area contributed by atoms with Gasteiger partial charge in [0.05, 0.1) is 0 Å². The lowest BCUT2D eigenvalue weighted by Gasteiger charge is -1.81. The fourth-order valence-corrected chi connectivity index (χ4v) is 0.741. The van der Waals surface area contributed by atoms with Crippen molar-refractivity contribution in [3.8, 4) is 0 Å². The molecule has 1 heterocycles. The van der Waals surface area contributed by atoms with Crippen molar-refractivity contribution in [2.75, 3.05) is 0 Å². The monoisotopic (exact) mass is 147 g/mol. The average Bonchev–Trinajstić information content (AvgIpc) is 2.46. The van der Waals surface area contributed by atoms with Crippen LogP contribution in [0.15, 0.2) is 24.2 Å². The van der Waals surface area contributed by atoms with Crippen LogP contribution in [0.1, 0.15) is 17.3 Å². The highest BCUT2D eigenvalue weighted by atomic mass is 16.4. The van der Waals surface area contributed by atoms with Crippen LogP contribution < -0.4 is 0 Å². The lowest BCUT2D eigenvalue weighted by molar-refractivity contribution is 0.537. The Morgan fingerprint density at radius 3 is 2.18 bits per heavy atom. The van der Waals surface area contributed by atoms with Gasteiger partial charge in [0, 0.05) is 0 Å². The third kappa shape index (κ3) is 1.29. The molecule has 56 valence electrons. The predicted molar refractivity (Wildman–Crippen MR) is 46.8 cm³/mol. The summed E-state index contributed by atoms with van der Waals surface area (Å²) in [6.45, 7) is 10.7. The minimum Gasteiger partial charge on any atom is -0.437 e. The van der Waals surface area contributed by atoms with E-state index in [1.54, 1.807) is 18.2 Å². The van der Waals surface area contributed by atoms with Gasteiger partial charge in [-0.3, -0.25) is 0 Å². The Hall–Kier alpha value is -1.57. The molecule has 0 aliphatic carbocycles. The average molecular weight is 147 g/mol. The predicted octanol–water partition coefficient (Wildman–Crippen LogP) is 2.60. The first-order chi connectivity index (χ1) is 5.31. The van der Waals surface area contributed by atoms with Crippen molar-refractivity contribution in [2.45, 2.75) is 0 Å². The highest BCUT2D eigenvalue weighted by molar-refractivity contribution is 5.57. The van der Waals surface area contributed by atoms with E-state index in [4.69, 9.17) is 4.42 Å². The molecule has 0 unspecified atom stereocenters. The fourth-order valence-electron chi connectivity index (χ4n) is 0.741. The van der Waals surface area contributed by atoms with Gasteiger partial charge in [0.25, 0.3) is 0 Å². The number of hydrogen-bond acceptors (Lipinski definition) is 2. The normalized spacial score (nSPS) is 9.09. The van der Waals surface area contributed by atoms with E-state index in [-0.39, 0.29) is 0 Å². The molecule has 0 aliphatic heterocycles. The van der Waals surface area contributed by atoms with Crippen LogP contribution in [0.4, 0.5) is 0 Å². The number of rotatable bonds is 3. The molecule has 0 saturated carbocycles. The summed E-state index contributed by atoms with van der Waals surface area (Å²) in [5.74, 6) is 1.13. The highest BCUT2D eigenvalue weighted by Crippen LogP contribution is 2.13. The number of nitrogens with zero attached hydrogens (tertiary/aromatic N) is 1. The maximum atomic E-state index is 5.19. The van der Waals surface area contributed by atoms with Crippen molar-refractivity contribution >= 4 is 18.2 Å². The quantitative estimate of drug-likeness (QED) is 0.656. The van der Waals surface area contributed by atoms with E-state index < -0.39 is 0 Å². The molecule has 0 saturated heterocycles. The first-order valence-corrected chi connectivity index (χ1v) is 3.20. The van der Waals surface area contributed by atoms with Crippen molar-refractivity contribution in [1.82, 2.24) is 4.98 Å². The molecule has 0 N–H and O–H groups in total. The molecule has 0 amide bonds. The van der Waals surface area contributed by atoms with Crippen LogP contribution in [0.3, 0.4) is 0 Å². The Labute approximate surface area is 65.6 Å². The molecule has 1 rings (SSSR count). The topological polar surface area (TPSA) is 26.0 Å². The summed E-state index contributed by atoms with van der Waals surface area (Å²) >= 11 is 0. The molecule has 1 aromatic heterocycles. The van der Waals surface area contributed by atoms with Crippen LogP contribution in [-0.4, -0.2) is 4.98 Å². The third-order valence-corrected chi connectivity index (χ3v) is 1.25. The van der Waals surface area contributed by atoms with Crippen LogP contribution in [0.2, 0.25) is 0 Å².